The second kappa shape index (κ2) is 6.86. The third-order valence-corrected chi connectivity index (χ3v) is 4.58. The molecular weight excluding hydrogens is 288 g/mol. The van der Waals surface area contributed by atoms with Gasteiger partial charge in [0.05, 0.1) is 0 Å². The van der Waals surface area contributed by atoms with Crippen LogP contribution in [0.5, 0.6) is 0 Å². The zero-order valence-electron chi connectivity index (χ0n) is 13.8. The van der Waals surface area contributed by atoms with Gasteiger partial charge in [0.25, 0.3) is 0 Å². The Morgan fingerprint density at radius 2 is 2.04 bits per heavy atom. The van der Waals surface area contributed by atoms with Gasteiger partial charge < -0.3 is 14.8 Å². The molecule has 0 aliphatic carbocycles. The maximum Gasteiger partial charge on any atom is 0.228 e. The first kappa shape index (κ1) is 15.6. The minimum atomic E-state index is 0.00681. The number of imidazole rings is 1. The van der Waals surface area contributed by atoms with E-state index in [2.05, 4.69) is 45.7 Å². The van der Waals surface area contributed by atoms with Crippen molar-refractivity contribution in [1.82, 2.24) is 9.55 Å². The summed E-state index contributed by atoms with van der Waals surface area (Å²) in [6.45, 7) is 7.13. The summed E-state index contributed by atoms with van der Waals surface area (Å²) in [5.41, 5.74) is 2.05. The molecule has 5 heteroatoms. The number of rotatable bonds is 5. The van der Waals surface area contributed by atoms with Gasteiger partial charge in [-0.3, -0.25) is 4.79 Å². The number of aryl methyl sites for hydroxylation is 1. The Balaban J connectivity index is 1.62. The second-order valence-electron chi connectivity index (χ2n) is 5.94. The molecule has 2 heterocycles. The van der Waals surface area contributed by atoms with E-state index in [0.29, 0.717) is 0 Å². The molecule has 1 aromatic carbocycles. The number of carbonyl (C=O) groups is 1. The van der Waals surface area contributed by atoms with E-state index in [1.54, 1.807) is 0 Å². The Kier molecular flexibility index (Phi) is 4.65. The SMILES string of the molecule is CCN(CC)c1ccc(NC(=O)C2CCn3ccnc3C2)cc1. The average molecular weight is 312 g/mol. The molecule has 0 bridgehead atoms. The molecule has 1 aromatic heterocycles. The predicted molar refractivity (Wildman–Crippen MR) is 92.7 cm³/mol. The van der Waals surface area contributed by atoms with Gasteiger partial charge in [0, 0.05) is 55.7 Å². The van der Waals surface area contributed by atoms with Crippen LogP contribution in [0.1, 0.15) is 26.1 Å². The van der Waals surface area contributed by atoms with Gasteiger partial charge in [-0.05, 0) is 44.5 Å². The van der Waals surface area contributed by atoms with Gasteiger partial charge in [-0.1, -0.05) is 0 Å². The van der Waals surface area contributed by atoms with E-state index >= 15 is 0 Å². The number of benzene rings is 1. The van der Waals surface area contributed by atoms with Crippen LogP contribution in [-0.4, -0.2) is 28.5 Å². The summed E-state index contributed by atoms with van der Waals surface area (Å²) in [6.07, 6.45) is 5.38. The number of nitrogens with one attached hydrogen (secondary N) is 1. The quantitative estimate of drug-likeness (QED) is 0.923. The van der Waals surface area contributed by atoms with Crippen molar-refractivity contribution in [3.05, 3.63) is 42.5 Å². The van der Waals surface area contributed by atoms with E-state index in [9.17, 15) is 4.79 Å². The molecule has 1 atom stereocenters. The van der Waals surface area contributed by atoms with Crippen molar-refractivity contribution in [3.8, 4) is 0 Å². The van der Waals surface area contributed by atoms with Crippen molar-refractivity contribution >= 4 is 17.3 Å². The Morgan fingerprint density at radius 3 is 2.74 bits per heavy atom. The number of anilines is 2. The number of fused-ring (bicyclic) bond motifs is 1. The lowest BCUT2D eigenvalue weighted by atomic mass is 9.97. The highest BCUT2D eigenvalue weighted by Gasteiger charge is 2.25. The normalized spacial score (nSPS) is 16.7. The third kappa shape index (κ3) is 3.38. The first-order chi connectivity index (χ1) is 11.2. The first-order valence-corrected chi connectivity index (χ1v) is 8.37. The number of hydrogen-bond donors (Lipinski definition) is 1. The molecule has 0 spiro atoms. The number of nitrogens with zero attached hydrogens (tertiary/aromatic N) is 3. The molecule has 0 fully saturated rings. The van der Waals surface area contributed by atoms with Crippen LogP contribution >= 0.6 is 0 Å². The highest BCUT2D eigenvalue weighted by molar-refractivity contribution is 5.92. The van der Waals surface area contributed by atoms with Gasteiger partial charge in [0.1, 0.15) is 5.82 Å². The molecule has 1 amide bonds. The maximum absolute atomic E-state index is 12.5. The predicted octanol–water partition coefficient (Wildman–Crippen LogP) is 2.93. The highest BCUT2D eigenvalue weighted by atomic mass is 16.1. The smallest absolute Gasteiger partial charge is 0.228 e. The summed E-state index contributed by atoms with van der Waals surface area (Å²) >= 11 is 0. The number of amides is 1. The third-order valence-electron chi connectivity index (χ3n) is 4.58. The Morgan fingerprint density at radius 1 is 1.30 bits per heavy atom. The number of aromatic nitrogens is 2. The van der Waals surface area contributed by atoms with Crippen molar-refractivity contribution in [2.75, 3.05) is 23.3 Å². The molecule has 0 saturated carbocycles. The van der Waals surface area contributed by atoms with Gasteiger partial charge in [-0.15, -0.1) is 0 Å². The molecule has 0 radical (unpaired) electrons. The first-order valence-electron chi connectivity index (χ1n) is 8.37. The summed E-state index contributed by atoms with van der Waals surface area (Å²) in [4.78, 5) is 19.1. The summed E-state index contributed by atoms with van der Waals surface area (Å²) in [6, 6.07) is 8.09. The molecule has 122 valence electrons. The zero-order chi connectivity index (χ0) is 16.2. The van der Waals surface area contributed by atoms with Crippen LogP contribution in [0.25, 0.3) is 0 Å². The van der Waals surface area contributed by atoms with E-state index in [1.807, 2.05) is 24.5 Å². The molecular formula is C18H24N4O. The highest BCUT2D eigenvalue weighted by Crippen LogP contribution is 2.22. The van der Waals surface area contributed by atoms with E-state index in [1.165, 1.54) is 5.69 Å². The zero-order valence-corrected chi connectivity index (χ0v) is 13.8. The van der Waals surface area contributed by atoms with Crippen LogP contribution in [-0.2, 0) is 17.8 Å². The maximum atomic E-state index is 12.5. The van der Waals surface area contributed by atoms with Gasteiger partial charge in [0.2, 0.25) is 5.91 Å². The lowest BCUT2D eigenvalue weighted by molar-refractivity contribution is -0.120. The Labute approximate surface area is 137 Å². The van der Waals surface area contributed by atoms with Gasteiger partial charge in [-0.25, -0.2) is 4.98 Å². The van der Waals surface area contributed by atoms with Crippen LogP contribution in [0.4, 0.5) is 11.4 Å². The standard InChI is InChI=1S/C18H24N4O/c1-3-21(4-2)16-7-5-15(6-8-16)20-18(23)14-9-11-22-12-10-19-17(22)13-14/h5-8,10,12,14H,3-4,9,11,13H2,1-2H3,(H,20,23). The molecule has 0 saturated heterocycles. The van der Waals surface area contributed by atoms with Crippen molar-refractivity contribution in [2.45, 2.75) is 33.2 Å². The number of carbonyl (C=O) groups excluding carboxylic acids is 1. The van der Waals surface area contributed by atoms with E-state index in [4.69, 9.17) is 0 Å². The van der Waals surface area contributed by atoms with Crippen LogP contribution in [0.15, 0.2) is 36.7 Å². The van der Waals surface area contributed by atoms with Crippen molar-refractivity contribution in [3.63, 3.8) is 0 Å². The topological polar surface area (TPSA) is 50.2 Å². The molecule has 1 aliphatic heterocycles. The van der Waals surface area contributed by atoms with Crippen molar-refractivity contribution in [1.29, 1.82) is 0 Å². The molecule has 23 heavy (non-hydrogen) atoms. The molecule has 1 unspecified atom stereocenters. The molecule has 3 rings (SSSR count). The lowest BCUT2D eigenvalue weighted by Crippen LogP contribution is -2.30. The van der Waals surface area contributed by atoms with E-state index in [0.717, 1.165) is 44.0 Å². The van der Waals surface area contributed by atoms with Crippen LogP contribution in [0.3, 0.4) is 0 Å². The minimum absolute atomic E-state index is 0.00681. The van der Waals surface area contributed by atoms with Gasteiger partial charge >= 0.3 is 0 Å². The summed E-state index contributed by atoms with van der Waals surface area (Å²) < 4.78 is 2.13. The van der Waals surface area contributed by atoms with Gasteiger partial charge in [0.15, 0.2) is 0 Å². The second-order valence-corrected chi connectivity index (χ2v) is 5.94. The van der Waals surface area contributed by atoms with E-state index < -0.39 is 0 Å². The van der Waals surface area contributed by atoms with Gasteiger partial charge in [-0.2, -0.15) is 0 Å². The number of hydrogen-bond acceptors (Lipinski definition) is 3. The fourth-order valence-electron chi connectivity index (χ4n) is 3.16. The van der Waals surface area contributed by atoms with Crippen LogP contribution < -0.4 is 10.2 Å². The minimum Gasteiger partial charge on any atom is -0.372 e. The van der Waals surface area contributed by atoms with Crippen molar-refractivity contribution in [2.24, 2.45) is 5.92 Å². The van der Waals surface area contributed by atoms with E-state index in [-0.39, 0.29) is 11.8 Å². The molecule has 5 nitrogen and oxygen atoms in total. The average Bonchev–Trinajstić information content (AvgIpc) is 3.05. The fraction of sp³-hybridized carbons (Fsp3) is 0.444. The van der Waals surface area contributed by atoms with Crippen molar-refractivity contribution < 1.29 is 4.79 Å². The fourth-order valence-corrected chi connectivity index (χ4v) is 3.16. The molecule has 1 aliphatic rings. The summed E-state index contributed by atoms with van der Waals surface area (Å²) in [5, 5.41) is 3.04. The van der Waals surface area contributed by atoms with Crippen LogP contribution in [0.2, 0.25) is 0 Å². The largest absolute Gasteiger partial charge is 0.372 e. The molecule has 2 aromatic rings. The monoisotopic (exact) mass is 312 g/mol. The van der Waals surface area contributed by atoms with Crippen LogP contribution in [0, 0.1) is 5.92 Å². The Hall–Kier alpha value is -2.30. The molecule has 1 N–H and O–H groups in total. The summed E-state index contributed by atoms with van der Waals surface area (Å²) in [5.74, 6) is 1.11. The Bertz CT molecular complexity index is 658. The lowest BCUT2D eigenvalue weighted by Gasteiger charge is -2.23. The summed E-state index contributed by atoms with van der Waals surface area (Å²) in [7, 11) is 0.